The second kappa shape index (κ2) is 9.40. The number of methoxy groups -OCH3 is 2. The van der Waals surface area contributed by atoms with Gasteiger partial charge in [-0.1, -0.05) is 17.7 Å². The van der Waals surface area contributed by atoms with Gasteiger partial charge in [-0.3, -0.25) is 4.79 Å². The first-order valence-electron chi connectivity index (χ1n) is 10.9. The van der Waals surface area contributed by atoms with E-state index in [1.54, 1.807) is 14.2 Å². The molecular weight excluding hydrogens is 420 g/mol. The molecule has 7 heteroatoms. The number of aromatic nitrogens is 1. The standard InChI is InChI=1S/C26H28N2O5/c1-15(9-11-22(29)28-21-7-5-6-20-17(21)12-13-27-20)8-10-18-24(31-3)16(2)19-14-33-26(30)23(19)25(18)32-4/h5-8,12-13,27H,9-11,14H2,1-4H3,(H,28,29)/b15-8+. The van der Waals surface area contributed by atoms with Crippen LogP contribution in [0.1, 0.15) is 46.8 Å². The second-order valence-corrected chi connectivity index (χ2v) is 8.15. The lowest BCUT2D eigenvalue weighted by atomic mass is 9.94. The SMILES string of the molecule is COc1c(C)c2c(c(OC)c1C/C=C(\C)CCC(=O)Nc1cccc3[nH]ccc13)C(=O)OC2. The number of aromatic amines is 1. The fraction of sp³-hybridized carbons (Fsp3) is 0.308. The minimum Gasteiger partial charge on any atom is -0.496 e. The quantitative estimate of drug-likeness (QED) is 0.371. The lowest BCUT2D eigenvalue weighted by molar-refractivity contribution is -0.116. The number of ether oxygens (including phenoxy) is 3. The first-order valence-corrected chi connectivity index (χ1v) is 10.9. The number of fused-ring (bicyclic) bond motifs is 2. The Labute approximate surface area is 192 Å². The topological polar surface area (TPSA) is 89.7 Å². The van der Waals surface area contributed by atoms with Gasteiger partial charge in [-0.25, -0.2) is 4.79 Å². The summed E-state index contributed by atoms with van der Waals surface area (Å²) in [7, 11) is 3.16. The summed E-state index contributed by atoms with van der Waals surface area (Å²) in [5.41, 5.74) is 5.84. The molecule has 172 valence electrons. The number of cyclic esters (lactones) is 1. The van der Waals surface area contributed by atoms with Crippen LogP contribution in [0.25, 0.3) is 10.9 Å². The van der Waals surface area contributed by atoms with Crippen LogP contribution in [0.3, 0.4) is 0 Å². The molecule has 4 rings (SSSR count). The van der Waals surface area contributed by atoms with Gasteiger partial charge >= 0.3 is 5.97 Å². The number of H-pyrrole nitrogens is 1. The van der Waals surface area contributed by atoms with Gasteiger partial charge in [0.05, 0.1) is 19.9 Å². The zero-order valence-corrected chi connectivity index (χ0v) is 19.3. The Bertz CT molecular complexity index is 1260. The van der Waals surface area contributed by atoms with Crippen LogP contribution in [0, 0.1) is 6.92 Å². The van der Waals surface area contributed by atoms with Gasteiger partial charge < -0.3 is 24.5 Å². The third kappa shape index (κ3) is 4.31. The lowest BCUT2D eigenvalue weighted by Gasteiger charge is -2.18. The highest BCUT2D eigenvalue weighted by Gasteiger charge is 2.32. The number of esters is 1. The van der Waals surface area contributed by atoms with Crippen molar-refractivity contribution in [3.05, 3.63) is 64.4 Å². The fourth-order valence-corrected chi connectivity index (χ4v) is 4.33. The van der Waals surface area contributed by atoms with Crippen LogP contribution in [-0.2, 0) is 22.6 Å². The highest BCUT2D eigenvalue weighted by atomic mass is 16.5. The molecule has 3 aromatic rings. The van der Waals surface area contributed by atoms with Crippen molar-refractivity contribution < 1.29 is 23.8 Å². The molecule has 1 amide bonds. The summed E-state index contributed by atoms with van der Waals surface area (Å²) in [5.74, 6) is 0.785. The van der Waals surface area contributed by atoms with E-state index in [4.69, 9.17) is 14.2 Å². The minimum atomic E-state index is -0.372. The average molecular weight is 449 g/mol. The van der Waals surface area contributed by atoms with Crippen molar-refractivity contribution in [2.75, 3.05) is 19.5 Å². The van der Waals surface area contributed by atoms with Gasteiger partial charge in [-0.15, -0.1) is 0 Å². The Kier molecular flexibility index (Phi) is 6.40. The van der Waals surface area contributed by atoms with Gasteiger partial charge in [0.15, 0.2) is 0 Å². The Morgan fingerprint density at radius 2 is 1.97 bits per heavy atom. The minimum absolute atomic E-state index is 0.0391. The highest BCUT2D eigenvalue weighted by Crippen LogP contribution is 2.42. The molecule has 33 heavy (non-hydrogen) atoms. The van der Waals surface area contributed by atoms with Crippen LogP contribution in [0.2, 0.25) is 0 Å². The Morgan fingerprint density at radius 3 is 2.73 bits per heavy atom. The van der Waals surface area contributed by atoms with E-state index in [2.05, 4.69) is 10.3 Å². The molecular formula is C26H28N2O5. The normalized spacial score (nSPS) is 13.1. The summed E-state index contributed by atoms with van der Waals surface area (Å²) in [4.78, 5) is 27.9. The molecule has 0 radical (unpaired) electrons. The summed E-state index contributed by atoms with van der Waals surface area (Å²) >= 11 is 0. The molecule has 0 aliphatic carbocycles. The maximum absolute atomic E-state index is 12.5. The molecule has 7 nitrogen and oxygen atoms in total. The first kappa shape index (κ1) is 22.5. The number of amides is 1. The van der Waals surface area contributed by atoms with Gasteiger partial charge in [0.1, 0.15) is 23.7 Å². The summed E-state index contributed by atoms with van der Waals surface area (Å²) in [6.45, 7) is 4.15. The molecule has 2 N–H and O–H groups in total. The van der Waals surface area contributed by atoms with Crippen LogP contribution < -0.4 is 14.8 Å². The summed E-state index contributed by atoms with van der Waals surface area (Å²) in [6, 6.07) is 7.73. The van der Waals surface area contributed by atoms with Crippen LogP contribution in [0.4, 0.5) is 5.69 Å². The van der Waals surface area contributed by atoms with E-state index in [-0.39, 0.29) is 18.5 Å². The molecule has 0 atom stereocenters. The van der Waals surface area contributed by atoms with Crippen molar-refractivity contribution in [2.45, 2.75) is 39.7 Å². The third-order valence-corrected chi connectivity index (χ3v) is 6.10. The van der Waals surface area contributed by atoms with E-state index in [1.807, 2.05) is 50.4 Å². The average Bonchev–Trinajstić information content (AvgIpc) is 3.44. The summed E-state index contributed by atoms with van der Waals surface area (Å²) < 4.78 is 16.5. The van der Waals surface area contributed by atoms with Crippen molar-refractivity contribution in [2.24, 2.45) is 0 Å². The number of hydrogen-bond donors (Lipinski definition) is 2. The van der Waals surface area contributed by atoms with Crippen molar-refractivity contribution >= 4 is 28.5 Å². The van der Waals surface area contributed by atoms with E-state index >= 15 is 0 Å². The Morgan fingerprint density at radius 1 is 1.18 bits per heavy atom. The molecule has 0 unspecified atom stereocenters. The molecule has 0 fully saturated rings. The third-order valence-electron chi connectivity index (χ3n) is 6.10. The predicted molar refractivity (Wildman–Crippen MR) is 127 cm³/mol. The molecule has 1 aliphatic rings. The van der Waals surface area contributed by atoms with Gasteiger partial charge in [0.2, 0.25) is 5.91 Å². The highest BCUT2D eigenvalue weighted by molar-refractivity contribution is 6.01. The molecule has 2 heterocycles. The Balaban J connectivity index is 1.46. The van der Waals surface area contributed by atoms with E-state index in [1.165, 1.54) is 0 Å². The van der Waals surface area contributed by atoms with Gasteiger partial charge in [0, 0.05) is 34.6 Å². The molecule has 0 bridgehead atoms. The number of nitrogens with one attached hydrogen (secondary N) is 2. The monoisotopic (exact) mass is 448 g/mol. The molecule has 0 spiro atoms. The first-order chi connectivity index (χ1) is 15.9. The molecule has 0 saturated carbocycles. The number of carbonyl (C=O) groups excluding carboxylic acids is 2. The summed E-state index contributed by atoms with van der Waals surface area (Å²) in [6.07, 6.45) is 5.41. The number of anilines is 1. The van der Waals surface area contributed by atoms with Crippen molar-refractivity contribution in [1.29, 1.82) is 0 Å². The fourth-order valence-electron chi connectivity index (χ4n) is 4.33. The lowest BCUT2D eigenvalue weighted by Crippen LogP contribution is -2.11. The van der Waals surface area contributed by atoms with E-state index in [9.17, 15) is 9.59 Å². The van der Waals surface area contributed by atoms with Crippen molar-refractivity contribution in [3.8, 4) is 11.5 Å². The van der Waals surface area contributed by atoms with Crippen molar-refractivity contribution in [3.63, 3.8) is 0 Å². The van der Waals surface area contributed by atoms with Crippen molar-refractivity contribution in [1.82, 2.24) is 4.98 Å². The Hall–Kier alpha value is -3.74. The largest absolute Gasteiger partial charge is 0.496 e. The van der Waals surface area contributed by atoms with Crippen LogP contribution >= 0.6 is 0 Å². The van der Waals surface area contributed by atoms with Crippen LogP contribution in [0.5, 0.6) is 11.5 Å². The number of hydrogen-bond acceptors (Lipinski definition) is 5. The van der Waals surface area contributed by atoms with Crippen LogP contribution in [0.15, 0.2) is 42.1 Å². The smallest absolute Gasteiger partial charge is 0.342 e. The number of carbonyl (C=O) groups is 2. The molecule has 2 aromatic carbocycles. The zero-order valence-electron chi connectivity index (χ0n) is 19.3. The number of allylic oxidation sites excluding steroid dienone is 2. The molecule has 1 aromatic heterocycles. The van der Waals surface area contributed by atoms with E-state index in [0.29, 0.717) is 36.3 Å². The molecule has 1 aliphatic heterocycles. The zero-order chi connectivity index (χ0) is 23.5. The van der Waals surface area contributed by atoms with Gasteiger partial charge in [-0.05, 0) is 50.5 Å². The van der Waals surface area contributed by atoms with Gasteiger partial charge in [-0.2, -0.15) is 0 Å². The number of benzene rings is 2. The molecule has 0 saturated heterocycles. The maximum Gasteiger partial charge on any atom is 0.342 e. The summed E-state index contributed by atoms with van der Waals surface area (Å²) in [5, 5.41) is 3.99. The predicted octanol–water partition coefficient (Wildman–Crippen LogP) is 5.07. The van der Waals surface area contributed by atoms with E-state index < -0.39 is 0 Å². The second-order valence-electron chi connectivity index (χ2n) is 8.15. The maximum atomic E-state index is 12.5. The van der Waals surface area contributed by atoms with Gasteiger partial charge in [0.25, 0.3) is 0 Å². The van der Waals surface area contributed by atoms with Crippen LogP contribution in [-0.4, -0.2) is 31.1 Å². The van der Waals surface area contributed by atoms with E-state index in [0.717, 1.165) is 38.9 Å². The number of rotatable bonds is 8.